The van der Waals surface area contributed by atoms with Gasteiger partial charge in [-0.1, -0.05) is 0 Å². The highest BCUT2D eigenvalue weighted by Crippen LogP contribution is 2.47. The lowest BCUT2D eigenvalue weighted by Crippen LogP contribution is -2.46. The number of alkyl halides is 4. The van der Waals surface area contributed by atoms with Gasteiger partial charge in [-0.05, 0) is 13.8 Å². The molecule has 4 heteroatoms. The molecule has 0 saturated heterocycles. The molecule has 0 rings (SSSR count). The van der Waals surface area contributed by atoms with E-state index in [1.807, 2.05) is 0 Å². The molecule has 0 aliphatic heterocycles. The van der Waals surface area contributed by atoms with Gasteiger partial charge in [-0.15, -0.1) is 0 Å². The van der Waals surface area contributed by atoms with Gasteiger partial charge < -0.3 is 0 Å². The second kappa shape index (κ2) is 2.35. The molecule has 0 nitrogen and oxygen atoms in total. The SMILES string of the molecule is CC(F)(F)C(C)(C)C(C)(F)F. The Kier molecular flexibility index (Phi) is 2.29. The van der Waals surface area contributed by atoms with Crippen molar-refractivity contribution in [2.75, 3.05) is 0 Å². The fraction of sp³-hybridized carbons (Fsp3) is 1.00. The van der Waals surface area contributed by atoms with E-state index in [1.54, 1.807) is 0 Å². The van der Waals surface area contributed by atoms with Crippen LogP contribution >= 0.6 is 0 Å². The van der Waals surface area contributed by atoms with Crippen LogP contribution in [0.2, 0.25) is 0 Å². The predicted octanol–water partition coefficient (Wildman–Crippen LogP) is 3.32. The van der Waals surface area contributed by atoms with E-state index < -0.39 is 17.3 Å². The third kappa shape index (κ3) is 1.84. The zero-order chi connectivity index (χ0) is 9.50. The number of halogens is 4. The van der Waals surface area contributed by atoms with Crippen LogP contribution in [0.15, 0.2) is 0 Å². The van der Waals surface area contributed by atoms with Gasteiger partial charge in [0.1, 0.15) is 0 Å². The first-order valence-corrected chi connectivity index (χ1v) is 3.26. The maximum Gasteiger partial charge on any atom is 0.256 e. The number of hydrogen-bond donors (Lipinski definition) is 0. The van der Waals surface area contributed by atoms with Crippen LogP contribution in [0, 0.1) is 5.41 Å². The molecule has 0 radical (unpaired) electrons. The Morgan fingerprint density at radius 2 is 0.818 bits per heavy atom. The second-order valence-corrected chi connectivity index (χ2v) is 3.40. The molecule has 0 aliphatic carbocycles. The van der Waals surface area contributed by atoms with Crippen LogP contribution in [-0.2, 0) is 0 Å². The average Bonchev–Trinajstić information content (AvgIpc) is 1.58. The Bertz CT molecular complexity index is 122. The Labute approximate surface area is 63.6 Å². The summed E-state index contributed by atoms with van der Waals surface area (Å²) in [6.07, 6.45) is 0. The van der Waals surface area contributed by atoms with Crippen molar-refractivity contribution in [3.8, 4) is 0 Å². The predicted molar refractivity (Wildman–Crippen MR) is 35.0 cm³/mol. The van der Waals surface area contributed by atoms with Crippen LogP contribution in [0.5, 0.6) is 0 Å². The van der Waals surface area contributed by atoms with Gasteiger partial charge in [0.25, 0.3) is 11.8 Å². The highest BCUT2D eigenvalue weighted by molar-refractivity contribution is 4.90. The zero-order valence-corrected chi connectivity index (χ0v) is 7.01. The Balaban J connectivity index is 4.75. The molecule has 0 unspecified atom stereocenters. The summed E-state index contributed by atoms with van der Waals surface area (Å²) in [6.45, 7) is 2.72. The summed E-state index contributed by atoms with van der Waals surface area (Å²) < 4.78 is 50.1. The van der Waals surface area contributed by atoms with Crippen LogP contribution in [0.3, 0.4) is 0 Å². The minimum absolute atomic E-state index is 0.504. The van der Waals surface area contributed by atoms with Crippen LogP contribution in [0.1, 0.15) is 27.7 Å². The van der Waals surface area contributed by atoms with E-state index in [0.717, 1.165) is 13.8 Å². The highest BCUT2D eigenvalue weighted by atomic mass is 19.3. The van der Waals surface area contributed by atoms with E-state index in [2.05, 4.69) is 0 Å². The van der Waals surface area contributed by atoms with Crippen LogP contribution in [0.4, 0.5) is 17.6 Å². The van der Waals surface area contributed by atoms with E-state index in [4.69, 9.17) is 0 Å². The molecule has 0 spiro atoms. The van der Waals surface area contributed by atoms with Crippen molar-refractivity contribution in [3.05, 3.63) is 0 Å². The molecule has 68 valence electrons. The maximum atomic E-state index is 12.5. The van der Waals surface area contributed by atoms with E-state index in [-0.39, 0.29) is 0 Å². The minimum atomic E-state index is -3.37. The minimum Gasteiger partial charge on any atom is -0.206 e. The molecule has 0 amide bonds. The molecule has 0 fully saturated rings. The van der Waals surface area contributed by atoms with Crippen LogP contribution in [-0.4, -0.2) is 11.8 Å². The molecular formula is C7H12F4. The van der Waals surface area contributed by atoms with Crippen molar-refractivity contribution in [1.29, 1.82) is 0 Å². The second-order valence-electron chi connectivity index (χ2n) is 3.40. The topological polar surface area (TPSA) is 0 Å². The molecule has 0 heterocycles. The lowest BCUT2D eigenvalue weighted by molar-refractivity contribution is -0.206. The number of rotatable bonds is 2. The molecule has 0 bridgehead atoms. The summed E-state index contributed by atoms with van der Waals surface area (Å²) >= 11 is 0. The monoisotopic (exact) mass is 172 g/mol. The molecule has 0 aromatic heterocycles. The molecule has 0 aromatic carbocycles. The lowest BCUT2D eigenvalue weighted by atomic mass is 9.80. The summed E-state index contributed by atoms with van der Waals surface area (Å²) in [6, 6.07) is 0. The normalized spacial score (nSPS) is 15.3. The number of hydrogen-bond acceptors (Lipinski definition) is 0. The quantitative estimate of drug-likeness (QED) is 0.560. The molecule has 0 atom stereocenters. The van der Waals surface area contributed by atoms with Crippen molar-refractivity contribution >= 4 is 0 Å². The van der Waals surface area contributed by atoms with E-state index in [1.165, 1.54) is 0 Å². The smallest absolute Gasteiger partial charge is 0.206 e. The molecule has 0 saturated carbocycles. The Hall–Kier alpha value is -0.280. The third-order valence-electron chi connectivity index (χ3n) is 2.19. The first-order chi connectivity index (χ1) is 4.50. The van der Waals surface area contributed by atoms with Crippen molar-refractivity contribution in [3.63, 3.8) is 0 Å². The first-order valence-electron chi connectivity index (χ1n) is 3.26. The average molecular weight is 172 g/mol. The van der Waals surface area contributed by atoms with Crippen molar-refractivity contribution in [2.24, 2.45) is 5.41 Å². The van der Waals surface area contributed by atoms with E-state index in [0.29, 0.717) is 13.8 Å². The summed E-state index contributed by atoms with van der Waals surface area (Å²) in [4.78, 5) is 0. The van der Waals surface area contributed by atoms with Gasteiger partial charge in [0.2, 0.25) is 0 Å². The van der Waals surface area contributed by atoms with Crippen LogP contribution < -0.4 is 0 Å². The summed E-state index contributed by atoms with van der Waals surface area (Å²) in [5.74, 6) is -6.74. The highest BCUT2D eigenvalue weighted by Gasteiger charge is 2.56. The Morgan fingerprint density at radius 3 is 0.818 bits per heavy atom. The van der Waals surface area contributed by atoms with Gasteiger partial charge in [0.05, 0.1) is 5.41 Å². The largest absolute Gasteiger partial charge is 0.256 e. The summed E-state index contributed by atoms with van der Waals surface area (Å²) in [5, 5.41) is 0. The van der Waals surface area contributed by atoms with Gasteiger partial charge in [-0.3, -0.25) is 0 Å². The van der Waals surface area contributed by atoms with Crippen molar-refractivity contribution in [2.45, 2.75) is 39.5 Å². The maximum absolute atomic E-state index is 12.5. The fourth-order valence-electron chi connectivity index (χ4n) is 0.385. The van der Waals surface area contributed by atoms with Gasteiger partial charge in [-0.25, -0.2) is 17.6 Å². The van der Waals surface area contributed by atoms with Gasteiger partial charge in [0.15, 0.2) is 0 Å². The fourth-order valence-corrected chi connectivity index (χ4v) is 0.385. The van der Waals surface area contributed by atoms with Gasteiger partial charge in [0, 0.05) is 13.8 Å². The summed E-state index contributed by atoms with van der Waals surface area (Å²) in [5.41, 5.74) is -2.29. The molecule has 0 aliphatic rings. The van der Waals surface area contributed by atoms with Gasteiger partial charge >= 0.3 is 0 Å². The molecular weight excluding hydrogens is 160 g/mol. The van der Waals surface area contributed by atoms with Gasteiger partial charge in [-0.2, -0.15) is 0 Å². The van der Waals surface area contributed by atoms with E-state index >= 15 is 0 Å². The molecule has 11 heavy (non-hydrogen) atoms. The summed E-state index contributed by atoms with van der Waals surface area (Å²) in [7, 11) is 0. The molecule has 0 aromatic rings. The molecule has 0 N–H and O–H groups in total. The zero-order valence-electron chi connectivity index (χ0n) is 7.01. The van der Waals surface area contributed by atoms with Crippen molar-refractivity contribution < 1.29 is 17.6 Å². The third-order valence-corrected chi connectivity index (χ3v) is 2.19. The lowest BCUT2D eigenvalue weighted by Gasteiger charge is -2.36. The van der Waals surface area contributed by atoms with Crippen LogP contribution in [0.25, 0.3) is 0 Å². The Morgan fingerprint density at radius 1 is 0.636 bits per heavy atom. The standard InChI is InChI=1S/C7H12F4/c1-5(2,6(3,8)9)7(4,10)11/h1-4H3. The van der Waals surface area contributed by atoms with Crippen molar-refractivity contribution in [1.82, 2.24) is 0 Å². The van der Waals surface area contributed by atoms with E-state index in [9.17, 15) is 17.6 Å². The first kappa shape index (κ1) is 10.7.